The topological polar surface area (TPSA) is 108 Å². The maximum Gasteiger partial charge on any atom is 0.307 e. The zero-order chi connectivity index (χ0) is 27.4. The zero-order valence-corrected chi connectivity index (χ0v) is 22.4. The number of methoxy groups -OCH3 is 1. The van der Waals surface area contributed by atoms with Crippen LogP contribution in [0.5, 0.6) is 5.75 Å². The molecule has 0 aliphatic heterocycles. The molecule has 0 unspecified atom stereocenters. The Morgan fingerprint density at radius 1 is 1.08 bits per heavy atom. The summed E-state index contributed by atoms with van der Waals surface area (Å²) in [6.45, 7) is 9.79. The van der Waals surface area contributed by atoms with Crippen molar-refractivity contribution in [1.82, 2.24) is 5.32 Å². The predicted octanol–water partition coefficient (Wildman–Crippen LogP) is 4.65. The molecule has 0 radical (unpaired) electrons. The van der Waals surface area contributed by atoms with Crippen molar-refractivity contribution in [2.45, 2.75) is 44.8 Å². The van der Waals surface area contributed by atoms with Gasteiger partial charge < -0.3 is 14.8 Å². The van der Waals surface area contributed by atoms with E-state index in [9.17, 15) is 18.0 Å². The SMILES string of the molecule is C=CCCOc1cccc(C)c1-c1cccc([C@H](CC(=O)OC)NC(=O)[C@@H](CCC=C)OS(C)(=O)=O)c1. The average Bonchev–Trinajstić information content (AvgIpc) is 2.85. The Labute approximate surface area is 219 Å². The highest BCUT2D eigenvalue weighted by molar-refractivity contribution is 7.86. The quantitative estimate of drug-likeness (QED) is 0.155. The fourth-order valence-corrected chi connectivity index (χ4v) is 4.37. The Morgan fingerprint density at radius 2 is 1.78 bits per heavy atom. The molecule has 37 heavy (non-hydrogen) atoms. The van der Waals surface area contributed by atoms with Crippen molar-refractivity contribution in [2.24, 2.45) is 0 Å². The van der Waals surface area contributed by atoms with Gasteiger partial charge in [0.15, 0.2) is 6.10 Å². The van der Waals surface area contributed by atoms with Crippen molar-refractivity contribution < 1.29 is 31.7 Å². The number of allylic oxidation sites excluding steroid dienone is 1. The number of aryl methyl sites for hydroxylation is 1. The number of carbonyl (C=O) groups is 2. The van der Waals surface area contributed by atoms with Crippen LogP contribution in [0.3, 0.4) is 0 Å². The van der Waals surface area contributed by atoms with Crippen LogP contribution in [0.4, 0.5) is 0 Å². The summed E-state index contributed by atoms with van der Waals surface area (Å²) >= 11 is 0. The standard InChI is InChI=1S/C28H35NO7S/c1-6-8-15-25(36-37(5,32)33)28(31)29-23(19-26(30)34-4)21-13-11-14-22(18-21)27-20(3)12-10-16-24(27)35-17-9-7-2/h6-7,10-14,16,18,23,25H,1-2,8-9,15,17,19H2,3-5H3,(H,29,31)/t23-,25+/m0/s1. The highest BCUT2D eigenvalue weighted by atomic mass is 32.2. The molecule has 0 fully saturated rings. The van der Waals surface area contributed by atoms with Gasteiger partial charge in [-0.2, -0.15) is 8.42 Å². The third kappa shape index (κ3) is 9.51. The molecule has 2 aromatic rings. The van der Waals surface area contributed by atoms with Crippen molar-refractivity contribution in [1.29, 1.82) is 0 Å². The molecule has 0 aromatic heterocycles. The summed E-state index contributed by atoms with van der Waals surface area (Å²) < 4.78 is 39.3. The minimum absolute atomic E-state index is 0.113. The lowest BCUT2D eigenvalue weighted by atomic mass is 9.94. The minimum Gasteiger partial charge on any atom is -0.493 e. The largest absolute Gasteiger partial charge is 0.493 e. The maximum atomic E-state index is 13.1. The molecule has 0 saturated carbocycles. The van der Waals surface area contributed by atoms with Crippen LogP contribution in [0.15, 0.2) is 67.8 Å². The molecule has 2 rings (SSSR count). The molecular weight excluding hydrogens is 494 g/mol. The second-order valence-corrected chi connectivity index (χ2v) is 10.1. The summed E-state index contributed by atoms with van der Waals surface area (Å²) in [6.07, 6.45) is 3.99. The Morgan fingerprint density at radius 3 is 2.43 bits per heavy atom. The second kappa shape index (κ2) is 14.3. The van der Waals surface area contributed by atoms with Crippen molar-refractivity contribution in [3.8, 4) is 16.9 Å². The van der Waals surface area contributed by atoms with E-state index in [-0.39, 0.29) is 12.8 Å². The molecule has 0 aliphatic rings. The van der Waals surface area contributed by atoms with Crippen LogP contribution in [-0.2, 0) is 28.6 Å². The van der Waals surface area contributed by atoms with Gasteiger partial charge in [-0.1, -0.05) is 42.5 Å². The van der Waals surface area contributed by atoms with Crippen LogP contribution in [-0.4, -0.2) is 46.4 Å². The highest BCUT2D eigenvalue weighted by Crippen LogP contribution is 2.35. The molecule has 200 valence electrons. The molecule has 0 bridgehead atoms. The molecule has 2 atom stereocenters. The third-order valence-electron chi connectivity index (χ3n) is 5.52. The van der Waals surface area contributed by atoms with Crippen LogP contribution in [0.2, 0.25) is 0 Å². The van der Waals surface area contributed by atoms with E-state index in [0.717, 1.165) is 22.9 Å². The van der Waals surface area contributed by atoms with Gasteiger partial charge in [0.1, 0.15) is 5.75 Å². The van der Waals surface area contributed by atoms with Crippen molar-refractivity contribution in [3.63, 3.8) is 0 Å². The lowest BCUT2D eigenvalue weighted by Crippen LogP contribution is -2.40. The summed E-state index contributed by atoms with van der Waals surface area (Å²) in [5.41, 5.74) is 3.36. The monoisotopic (exact) mass is 529 g/mol. The van der Waals surface area contributed by atoms with Crippen molar-refractivity contribution >= 4 is 22.0 Å². The Hall–Kier alpha value is -3.43. The summed E-state index contributed by atoms with van der Waals surface area (Å²) in [5, 5.41) is 2.77. The first-order chi connectivity index (χ1) is 17.6. The number of hydrogen-bond acceptors (Lipinski definition) is 7. The molecule has 8 nitrogen and oxygen atoms in total. The number of carbonyl (C=O) groups excluding carboxylic acids is 2. The van der Waals surface area contributed by atoms with Gasteiger partial charge in [-0.05, 0) is 55.0 Å². The molecule has 1 amide bonds. The lowest BCUT2D eigenvalue weighted by molar-refractivity contribution is -0.141. The van der Waals surface area contributed by atoms with Gasteiger partial charge in [0.25, 0.3) is 16.0 Å². The van der Waals surface area contributed by atoms with E-state index in [1.165, 1.54) is 7.11 Å². The summed E-state index contributed by atoms with van der Waals surface area (Å²) in [6, 6.07) is 12.4. The van der Waals surface area contributed by atoms with E-state index in [2.05, 4.69) is 18.5 Å². The van der Waals surface area contributed by atoms with Gasteiger partial charge in [0, 0.05) is 5.56 Å². The molecule has 2 aromatic carbocycles. The van der Waals surface area contributed by atoms with Crippen LogP contribution in [0.25, 0.3) is 11.1 Å². The first-order valence-electron chi connectivity index (χ1n) is 11.9. The second-order valence-electron chi connectivity index (χ2n) is 8.50. The number of benzene rings is 2. The van der Waals surface area contributed by atoms with Crippen LogP contribution in [0.1, 0.15) is 42.9 Å². The molecule has 9 heteroatoms. The Kier molecular flexibility index (Phi) is 11.6. The third-order valence-corrected chi connectivity index (χ3v) is 6.10. The lowest BCUT2D eigenvalue weighted by Gasteiger charge is -2.23. The van der Waals surface area contributed by atoms with E-state index >= 15 is 0 Å². The smallest absolute Gasteiger partial charge is 0.307 e. The van der Waals surface area contributed by atoms with Crippen LogP contribution >= 0.6 is 0 Å². The van der Waals surface area contributed by atoms with Crippen molar-refractivity contribution in [2.75, 3.05) is 20.0 Å². The summed E-state index contributed by atoms with van der Waals surface area (Å²) in [4.78, 5) is 25.3. The van der Waals surface area contributed by atoms with E-state index < -0.39 is 34.1 Å². The highest BCUT2D eigenvalue weighted by Gasteiger charge is 2.27. The van der Waals surface area contributed by atoms with E-state index in [1.54, 1.807) is 18.2 Å². The fraction of sp³-hybridized carbons (Fsp3) is 0.357. The van der Waals surface area contributed by atoms with Gasteiger partial charge >= 0.3 is 5.97 Å². The normalized spacial score (nSPS) is 12.7. The van der Waals surface area contributed by atoms with Gasteiger partial charge in [-0.15, -0.1) is 13.2 Å². The summed E-state index contributed by atoms with van der Waals surface area (Å²) in [7, 11) is -2.63. The van der Waals surface area contributed by atoms with E-state index in [0.29, 0.717) is 30.8 Å². The number of nitrogens with one attached hydrogen (secondary N) is 1. The number of amides is 1. The first kappa shape index (κ1) is 29.8. The molecule has 0 spiro atoms. The van der Waals surface area contributed by atoms with Gasteiger partial charge in [0.2, 0.25) is 0 Å². The fourth-order valence-electron chi connectivity index (χ4n) is 3.76. The molecule has 0 aliphatic carbocycles. The Bertz CT molecular complexity index is 1210. The van der Waals surface area contributed by atoms with Gasteiger partial charge in [-0.25, -0.2) is 0 Å². The van der Waals surface area contributed by atoms with E-state index in [1.807, 2.05) is 43.3 Å². The zero-order valence-electron chi connectivity index (χ0n) is 21.6. The number of rotatable bonds is 15. The van der Waals surface area contributed by atoms with Crippen molar-refractivity contribution in [3.05, 3.63) is 78.9 Å². The van der Waals surface area contributed by atoms with Crippen LogP contribution < -0.4 is 10.1 Å². The first-order valence-corrected chi connectivity index (χ1v) is 13.7. The molecular formula is C28H35NO7S. The van der Waals surface area contributed by atoms with Gasteiger partial charge in [0.05, 0.1) is 32.4 Å². The minimum atomic E-state index is -3.90. The predicted molar refractivity (Wildman–Crippen MR) is 144 cm³/mol. The van der Waals surface area contributed by atoms with Crippen LogP contribution in [0, 0.1) is 6.92 Å². The maximum absolute atomic E-state index is 13.1. The number of hydrogen-bond donors (Lipinski definition) is 1. The molecule has 0 saturated heterocycles. The molecule has 0 heterocycles. The number of ether oxygens (including phenoxy) is 2. The average molecular weight is 530 g/mol. The van der Waals surface area contributed by atoms with E-state index in [4.69, 9.17) is 13.7 Å². The Balaban J connectivity index is 2.44. The summed E-state index contributed by atoms with van der Waals surface area (Å²) in [5.74, 6) is -0.485. The van der Waals surface area contributed by atoms with Gasteiger partial charge in [-0.3, -0.25) is 13.8 Å². The number of esters is 1. The molecule has 1 N–H and O–H groups in total.